The summed E-state index contributed by atoms with van der Waals surface area (Å²) in [6, 6.07) is 29.4. The third kappa shape index (κ3) is 15.8. The molecule has 9 heteroatoms. The molecule has 1 N–H and O–H groups in total. The van der Waals surface area contributed by atoms with Gasteiger partial charge < -0.3 is 8.92 Å². The Bertz CT molecular complexity index is 1700. The van der Waals surface area contributed by atoms with E-state index in [9.17, 15) is 12.6 Å². The van der Waals surface area contributed by atoms with Crippen molar-refractivity contribution in [2.75, 3.05) is 10.5 Å². The van der Waals surface area contributed by atoms with E-state index in [2.05, 4.69) is 11.6 Å². The highest BCUT2D eigenvalue weighted by molar-refractivity contribution is 7.92. The van der Waals surface area contributed by atoms with Gasteiger partial charge in [-0.2, -0.15) is 0 Å². The number of benzene rings is 4. The maximum atomic E-state index is 12.9. The van der Waals surface area contributed by atoms with Crippen LogP contribution in [0.15, 0.2) is 102 Å². The summed E-state index contributed by atoms with van der Waals surface area (Å²) >= 11 is 4.80. The number of hydrogen-bond donors (Lipinski definition) is 1. The Morgan fingerprint density at radius 1 is 0.647 bits per heavy atom. The van der Waals surface area contributed by atoms with Crippen LogP contribution in [0.2, 0.25) is 5.02 Å². The average Bonchev–Trinajstić information content (AvgIpc) is 3.13. The summed E-state index contributed by atoms with van der Waals surface area (Å²) in [4.78, 5) is 0.527. The molecule has 0 aromatic heterocycles. The molecule has 0 fully saturated rings. The maximum absolute atomic E-state index is 12.9. The van der Waals surface area contributed by atoms with Gasteiger partial charge in [0.2, 0.25) is 21.1 Å². The zero-order chi connectivity index (χ0) is 36.2. The number of sulfonamides is 1. The van der Waals surface area contributed by atoms with E-state index in [0.29, 0.717) is 46.6 Å². The number of nitrogens with one attached hydrogen (secondary N) is 1. The van der Waals surface area contributed by atoms with Gasteiger partial charge in [0.15, 0.2) is 0 Å². The van der Waals surface area contributed by atoms with E-state index in [1.54, 1.807) is 54.6 Å². The van der Waals surface area contributed by atoms with Gasteiger partial charge in [0.1, 0.15) is 18.1 Å². The lowest BCUT2D eigenvalue weighted by Gasteiger charge is -2.12. The number of hydrogen-bond acceptors (Lipinski definition) is 5. The van der Waals surface area contributed by atoms with Gasteiger partial charge in [-0.15, -0.1) is 0 Å². The molecule has 0 saturated heterocycles. The van der Waals surface area contributed by atoms with Crippen LogP contribution < -0.4 is 13.6 Å². The highest BCUT2D eigenvalue weighted by Gasteiger charge is 2.13. The number of anilines is 1. The van der Waals surface area contributed by atoms with Crippen molar-refractivity contribution in [1.29, 1.82) is 0 Å². The smallest absolute Gasteiger partial charge is 0.240 e. The van der Waals surface area contributed by atoms with Gasteiger partial charge in [0.25, 0.3) is 0 Å². The molecule has 276 valence electrons. The fraction of sp³-hybridized carbons (Fsp3) is 0.429. The summed E-state index contributed by atoms with van der Waals surface area (Å²) < 4.78 is 52.7. The number of rotatable bonds is 25. The van der Waals surface area contributed by atoms with E-state index < -0.39 is 21.1 Å². The lowest BCUT2D eigenvalue weighted by molar-refractivity contribution is 0.306. The van der Waals surface area contributed by atoms with Crippen LogP contribution in [0.25, 0.3) is 0 Å². The molecule has 0 saturated carbocycles. The molecule has 4 rings (SSSR count). The SMILES string of the molecule is CCCCCCCCCCCCCCCCS(=O)(=O)Nc1ccc(Cl)c(Cc2ccc(S(=O)Oc3ccc(OCc4ccccc4)cc3)cc2)c1. The van der Waals surface area contributed by atoms with Gasteiger partial charge >= 0.3 is 0 Å². The fourth-order valence-electron chi connectivity index (χ4n) is 5.90. The van der Waals surface area contributed by atoms with E-state index in [4.69, 9.17) is 20.5 Å². The maximum Gasteiger partial charge on any atom is 0.240 e. The summed E-state index contributed by atoms with van der Waals surface area (Å²) in [5, 5.41) is 0.553. The molecular formula is C42H54ClNO5S2. The van der Waals surface area contributed by atoms with Crippen molar-refractivity contribution >= 4 is 38.4 Å². The van der Waals surface area contributed by atoms with Crippen molar-refractivity contribution in [2.45, 2.75) is 115 Å². The topological polar surface area (TPSA) is 81.7 Å². The monoisotopic (exact) mass is 751 g/mol. The number of unbranched alkanes of at least 4 members (excludes halogenated alkanes) is 13. The minimum absolute atomic E-state index is 0.107. The van der Waals surface area contributed by atoms with Gasteiger partial charge in [-0.1, -0.05) is 144 Å². The van der Waals surface area contributed by atoms with Crippen LogP contribution in [0.1, 0.15) is 114 Å². The molecular weight excluding hydrogens is 698 g/mol. The van der Waals surface area contributed by atoms with Crippen LogP contribution in [0.4, 0.5) is 5.69 Å². The molecule has 1 unspecified atom stereocenters. The van der Waals surface area contributed by atoms with Crippen LogP contribution in [0, 0.1) is 0 Å². The molecule has 0 spiro atoms. The summed E-state index contributed by atoms with van der Waals surface area (Å²) in [6.45, 7) is 2.72. The van der Waals surface area contributed by atoms with Crippen molar-refractivity contribution in [1.82, 2.24) is 0 Å². The van der Waals surface area contributed by atoms with Crippen LogP contribution >= 0.6 is 11.6 Å². The summed E-state index contributed by atoms with van der Waals surface area (Å²) in [6.07, 6.45) is 17.7. The molecule has 4 aromatic rings. The molecule has 0 aliphatic carbocycles. The largest absolute Gasteiger partial charge is 0.489 e. The fourth-order valence-corrected chi connectivity index (χ4v) is 7.99. The first-order chi connectivity index (χ1) is 24.8. The normalized spacial score (nSPS) is 12.0. The molecule has 6 nitrogen and oxygen atoms in total. The standard InChI is InChI=1S/C42H54ClNO5S2/c1-2-3-4-5-6-7-8-9-10-11-12-13-14-18-31-51(46,47)44-38-23-30-42(43)37(33-38)32-35-21-28-41(29-22-35)50(45)49-40-26-24-39(25-27-40)48-34-36-19-16-15-17-20-36/h15-17,19-30,33,44H,2-14,18,31-32,34H2,1H3. The highest BCUT2D eigenvalue weighted by Crippen LogP contribution is 2.26. The second-order valence-electron chi connectivity index (χ2n) is 13.2. The van der Waals surface area contributed by atoms with Crippen molar-refractivity contribution in [2.24, 2.45) is 0 Å². The lowest BCUT2D eigenvalue weighted by Crippen LogP contribution is -2.16. The molecule has 0 radical (unpaired) electrons. The van der Waals surface area contributed by atoms with Crippen molar-refractivity contribution < 1.29 is 21.5 Å². The molecule has 51 heavy (non-hydrogen) atoms. The van der Waals surface area contributed by atoms with Gasteiger partial charge in [-0.25, -0.2) is 12.6 Å². The van der Waals surface area contributed by atoms with E-state index in [0.717, 1.165) is 29.5 Å². The number of halogens is 1. The van der Waals surface area contributed by atoms with Gasteiger partial charge in [-0.3, -0.25) is 4.72 Å². The Morgan fingerprint density at radius 3 is 1.82 bits per heavy atom. The average molecular weight is 752 g/mol. The Labute approximate surface area is 314 Å². The van der Waals surface area contributed by atoms with Crippen molar-refractivity contribution in [3.05, 3.63) is 119 Å². The lowest BCUT2D eigenvalue weighted by atomic mass is 10.0. The van der Waals surface area contributed by atoms with Crippen LogP contribution in [-0.4, -0.2) is 18.4 Å². The van der Waals surface area contributed by atoms with E-state index >= 15 is 0 Å². The predicted molar refractivity (Wildman–Crippen MR) is 213 cm³/mol. The quantitative estimate of drug-likeness (QED) is 0.0682. The molecule has 4 aromatic carbocycles. The molecule has 0 aliphatic heterocycles. The first-order valence-corrected chi connectivity index (χ1v) is 21.7. The first kappa shape index (κ1) is 40.4. The first-order valence-electron chi connectivity index (χ1n) is 18.6. The van der Waals surface area contributed by atoms with Crippen LogP contribution in [-0.2, 0) is 34.1 Å². The Kier molecular flexibility index (Phi) is 17.9. The Balaban J connectivity index is 1.15. The van der Waals surface area contributed by atoms with E-state index in [1.165, 1.54) is 70.6 Å². The van der Waals surface area contributed by atoms with Gasteiger partial charge in [0.05, 0.1) is 10.6 Å². The van der Waals surface area contributed by atoms with Crippen molar-refractivity contribution in [3.63, 3.8) is 0 Å². The molecule has 1 atom stereocenters. The van der Waals surface area contributed by atoms with Gasteiger partial charge in [-0.05, 0) is 84.1 Å². The predicted octanol–water partition coefficient (Wildman–Crippen LogP) is 11.8. The third-order valence-corrected chi connectivity index (χ3v) is 11.6. The minimum Gasteiger partial charge on any atom is -0.489 e. The van der Waals surface area contributed by atoms with Crippen LogP contribution in [0.3, 0.4) is 0 Å². The zero-order valence-electron chi connectivity index (χ0n) is 30.0. The Hall–Kier alpha value is -3.33. The molecule has 0 heterocycles. The third-order valence-electron chi connectivity index (χ3n) is 8.84. The van der Waals surface area contributed by atoms with E-state index in [-0.39, 0.29) is 5.75 Å². The minimum atomic E-state index is -3.46. The summed E-state index contributed by atoms with van der Waals surface area (Å²) in [5.41, 5.74) is 3.32. The van der Waals surface area contributed by atoms with Crippen LogP contribution in [0.5, 0.6) is 11.5 Å². The molecule has 0 aliphatic rings. The van der Waals surface area contributed by atoms with Gasteiger partial charge in [0, 0.05) is 10.7 Å². The molecule has 0 bridgehead atoms. The zero-order valence-corrected chi connectivity index (χ0v) is 32.4. The highest BCUT2D eigenvalue weighted by atomic mass is 35.5. The number of ether oxygens (including phenoxy) is 1. The Morgan fingerprint density at radius 2 is 1.22 bits per heavy atom. The van der Waals surface area contributed by atoms with E-state index in [1.807, 2.05) is 42.5 Å². The molecule has 0 amide bonds. The second-order valence-corrected chi connectivity index (χ2v) is 16.6. The van der Waals surface area contributed by atoms with Crippen molar-refractivity contribution in [3.8, 4) is 11.5 Å². The summed E-state index contributed by atoms with van der Waals surface area (Å²) in [7, 11) is -3.46. The summed E-state index contributed by atoms with van der Waals surface area (Å²) in [5.74, 6) is 1.28. The second kappa shape index (κ2) is 22.6.